The lowest BCUT2D eigenvalue weighted by atomic mass is 9.84. The number of fused-ring (bicyclic) bond motifs is 2. The third kappa shape index (κ3) is 2.26. The maximum atomic E-state index is 12.3. The number of hydrogen-bond acceptors (Lipinski definition) is 2. The van der Waals surface area contributed by atoms with Gasteiger partial charge < -0.3 is 5.11 Å². The van der Waals surface area contributed by atoms with Crippen molar-refractivity contribution in [2.45, 2.75) is 27.2 Å². The molecule has 0 heterocycles. The van der Waals surface area contributed by atoms with E-state index in [9.17, 15) is 9.90 Å². The summed E-state index contributed by atoms with van der Waals surface area (Å²) in [6, 6.07) is 11.2. The van der Waals surface area contributed by atoms with Crippen molar-refractivity contribution in [1.29, 1.82) is 0 Å². The summed E-state index contributed by atoms with van der Waals surface area (Å²) < 4.78 is 0. The fourth-order valence-corrected chi connectivity index (χ4v) is 2.48. The summed E-state index contributed by atoms with van der Waals surface area (Å²) >= 11 is 0. The zero-order chi connectivity index (χ0) is 14.0. The molecule has 0 bridgehead atoms. The largest absolute Gasteiger partial charge is 0.507 e. The SMILES string of the molecule is CC.Cc1cc(O)c2c(c1)Cc1ccccc1C2=O. The first kappa shape index (κ1) is 13.3. The molecule has 0 saturated carbocycles. The van der Waals surface area contributed by atoms with E-state index >= 15 is 0 Å². The van der Waals surface area contributed by atoms with Gasteiger partial charge in [0.2, 0.25) is 0 Å². The van der Waals surface area contributed by atoms with Crippen molar-refractivity contribution < 1.29 is 9.90 Å². The normalized spacial score (nSPS) is 12.1. The van der Waals surface area contributed by atoms with Crippen molar-refractivity contribution in [3.8, 4) is 5.75 Å². The molecule has 0 spiro atoms. The highest BCUT2D eigenvalue weighted by Crippen LogP contribution is 2.33. The molecule has 0 unspecified atom stereocenters. The molecule has 2 heteroatoms. The van der Waals surface area contributed by atoms with E-state index in [4.69, 9.17) is 0 Å². The second-order valence-corrected chi connectivity index (χ2v) is 4.48. The zero-order valence-corrected chi connectivity index (χ0v) is 11.5. The average Bonchev–Trinajstić information content (AvgIpc) is 2.40. The second-order valence-electron chi connectivity index (χ2n) is 4.48. The van der Waals surface area contributed by atoms with E-state index in [2.05, 4.69) is 0 Å². The van der Waals surface area contributed by atoms with Crippen molar-refractivity contribution >= 4 is 5.78 Å². The molecule has 0 aliphatic heterocycles. The summed E-state index contributed by atoms with van der Waals surface area (Å²) in [4.78, 5) is 12.3. The lowest BCUT2D eigenvalue weighted by Gasteiger charge is -2.19. The Morgan fingerprint density at radius 2 is 1.74 bits per heavy atom. The lowest BCUT2D eigenvalue weighted by molar-refractivity contribution is 0.103. The van der Waals surface area contributed by atoms with Crippen LogP contribution in [0, 0.1) is 6.92 Å². The Morgan fingerprint density at radius 1 is 1.05 bits per heavy atom. The van der Waals surface area contributed by atoms with Gasteiger partial charge >= 0.3 is 0 Å². The molecule has 98 valence electrons. The van der Waals surface area contributed by atoms with Crippen LogP contribution in [0.2, 0.25) is 0 Å². The Balaban J connectivity index is 0.000000637. The molecule has 0 amide bonds. The standard InChI is InChI=1S/C15H12O2.C2H6/c1-9-6-11-8-10-4-2-3-5-12(10)15(17)14(11)13(16)7-9;1-2/h2-7,16H,8H2,1H3;1-2H3. The fraction of sp³-hybridized carbons (Fsp3) is 0.235. The van der Waals surface area contributed by atoms with Gasteiger partial charge in [-0.2, -0.15) is 0 Å². The number of hydrogen-bond donors (Lipinski definition) is 1. The summed E-state index contributed by atoms with van der Waals surface area (Å²) in [6.45, 7) is 5.92. The van der Waals surface area contributed by atoms with E-state index in [1.807, 2.05) is 51.1 Å². The second kappa shape index (κ2) is 5.27. The predicted molar refractivity (Wildman–Crippen MR) is 76.9 cm³/mol. The van der Waals surface area contributed by atoms with Gasteiger partial charge in [-0.3, -0.25) is 4.79 Å². The van der Waals surface area contributed by atoms with Gasteiger partial charge in [0, 0.05) is 5.56 Å². The topological polar surface area (TPSA) is 37.3 Å². The van der Waals surface area contributed by atoms with Crippen LogP contribution in [0.5, 0.6) is 5.75 Å². The maximum absolute atomic E-state index is 12.3. The Hall–Kier alpha value is -2.09. The molecule has 0 aromatic heterocycles. The van der Waals surface area contributed by atoms with Crippen LogP contribution >= 0.6 is 0 Å². The number of benzene rings is 2. The van der Waals surface area contributed by atoms with Gasteiger partial charge in [-0.15, -0.1) is 0 Å². The van der Waals surface area contributed by atoms with Crippen molar-refractivity contribution in [3.63, 3.8) is 0 Å². The Bertz CT molecular complexity index is 627. The highest BCUT2D eigenvalue weighted by Gasteiger charge is 2.25. The Labute approximate surface area is 113 Å². The van der Waals surface area contributed by atoms with Gasteiger partial charge in [0.1, 0.15) is 5.75 Å². The van der Waals surface area contributed by atoms with Gasteiger partial charge in [0.05, 0.1) is 5.56 Å². The number of carbonyl (C=O) groups is 1. The quantitative estimate of drug-likeness (QED) is 0.661. The molecule has 0 atom stereocenters. The minimum Gasteiger partial charge on any atom is -0.507 e. The molecule has 1 N–H and O–H groups in total. The van der Waals surface area contributed by atoms with E-state index in [-0.39, 0.29) is 11.5 Å². The summed E-state index contributed by atoms with van der Waals surface area (Å²) in [5.41, 5.74) is 4.11. The number of aromatic hydroxyl groups is 1. The fourth-order valence-electron chi connectivity index (χ4n) is 2.48. The summed E-state index contributed by atoms with van der Waals surface area (Å²) in [5.74, 6) is 0.0267. The summed E-state index contributed by atoms with van der Waals surface area (Å²) in [6.07, 6.45) is 0.715. The van der Waals surface area contributed by atoms with E-state index in [1.165, 1.54) is 0 Å². The van der Waals surface area contributed by atoms with Crippen LogP contribution in [0.4, 0.5) is 0 Å². The van der Waals surface area contributed by atoms with Crippen LogP contribution in [-0.4, -0.2) is 10.9 Å². The van der Waals surface area contributed by atoms with Gasteiger partial charge in [-0.05, 0) is 36.1 Å². The number of ketones is 1. The number of phenols is 1. The van der Waals surface area contributed by atoms with Gasteiger partial charge in [0.25, 0.3) is 0 Å². The molecule has 0 radical (unpaired) electrons. The number of phenolic OH excluding ortho intramolecular Hbond substituents is 1. The smallest absolute Gasteiger partial charge is 0.197 e. The van der Waals surface area contributed by atoms with E-state index in [0.717, 1.165) is 16.7 Å². The minimum absolute atomic E-state index is 0.0700. The molecule has 1 aliphatic rings. The minimum atomic E-state index is -0.0700. The van der Waals surface area contributed by atoms with E-state index in [1.54, 1.807) is 6.07 Å². The van der Waals surface area contributed by atoms with Crippen LogP contribution in [0.25, 0.3) is 0 Å². The van der Waals surface area contributed by atoms with Crippen molar-refractivity contribution in [1.82, 2.24) is 0 Å². The van der Waals surface area contributed by atoms with Gasteiger partial charge in [-0.25, -0.2) is 0 Å². The molecule has 2 aromatic carbocycles. The van der Waals surface area contributed by atoms with Crippen molar-refractivity contribution in [2.75, 3.05) is 0 Å². The molecular formula is C17H18O2. The van der Waals surface area contributed by atoms with Crippen LogP contribution in [0.3, 0.4) is 0 Å². The van der Waals surface area contributed by atoms with E-state index < -0.39 is 0 Å². The number of rotatable bonds is 0. The molecule has 2 aromatic rings. The molecule has 0 fully saturated rings. The first-order chi connectivity index (χ1) is 9.16. The van der Waals surface area contributed by atoms with Crippen LogP contribution in [0.15, 0.2) is 36.4 Å². The molecule has 3 rings (SSSR count). The molecule has 0 saturated heterocycles. The highest BCUT2D eigenvalue weighted by molar-refractivity contribution is 6.14. The average molecular weight is 254 g/mol. The highest BCUT2D eigenvalue weighted by atomic mass is 16.3. The van der Waals surface area contributed by atoms with Crippen molar-refractivity contribution in [3.05, 3.63) is 64.2 Å². The molecular weight excluding hydrogens is 236 g/mol. The predicted octanol–water partition coefficient (Wildman–Crippen LogP) is 3.86. The van der Waals surface area contributed by atoms with Crippen LogP contribution in [0.1, 0.15) is 46.5 Å². The maximum Gasteiger partial charge on any atom is 0.197 e. The monoisotopic (exact) mass is 254 g/mol. The third-order valence-electron chi connectivity index (χ3n) is 3.21. The number of aryl methyl sites for hydroxylation is 1. The molecule has 19 heavy (non-hydrogen) atoms. The molecule has 1 aliphatic carbocycles. The summed E-state index contributed by atoms with van der Waals surface area (Å²) in [7, 11) is 0. The Morgan fingerprint density at radius 3 is 2.47 bits per heavy atom. The lowest BCUT2D eigenvalue weighted by Crippen LogP contribution is -2.15. The van der Waals surface area contributed by atoms with Gasteiger partial charge in [-0.1, -0.05) is 44.2 Å². The summed E-state index contributed by atoms with van der Waals surface area (Å²) in [5, 5.41) is 9.91. The molecule has 2 nitrogen and oxygen atoms in total. The van der Waals surface area contributed by atoms with Crippen molar-refractivity contribution in [2.24, 2.45) is 0 Å². The zero-order valence-electron chi connectivity index (χ0n) is 11.5. The Kier molecular flexibility index (Phi) is 3.70. The van der Waals surface area contributed by atoms with Crippen LogP contribution < -0.4 is 0 Å². The number of carbonyl (C=O) groups excluding carboxylic acids is 1. The first-order valence-corrected chi connectivity index (χ1v) is 6.62. The first-order valence-electron chi connectivity index (χ1n) is 6.62. The third-order valence-corrected chi connectivity index (χ3v) is 3.21. The van der Waals surface area contributed by atoms with Gasteiger partial charge in [0.15, 0.2) is 5.78 Å². The van der Waals surface area contributed by atoms with Crippen LogP contribution in [-0.2, 0) is 6.42 Å². The van der Waals surface area contributed by atoms with E-state index in [0.29, 0.717) is 17.5 Å².